The summed E-state index contributed by atoms with van der Waals surface area (Å²) in [4.78, 5) is 25.7. The van der Waals surface area contributed by atoms with E-state index in [0.717, 1.165) is 12.8 Å². The molecule has 6 heteroatoms. The topological polar surface area (TPSA) is 100 Å². The Balaban J connectivity index is 1.53. The third-order valence-corrected chi connectivity index (χ3v) is 4.28. The number of anilines is 1. The average molecular weight is 276 g/mol. The molecule has 0 radical (unpaired) electrons. The lowest BCUT2D eigenvalue weighted by atomic mass is 9.89. The molecule has 2 fully saturated rings. The first-order valence-electron chi connectivity index (χ1n) is 7.14. The number of carbonyl (C=O) groups is 2. The average Bonchev–Trinajstić information content (AvgIpc) is 2.96. The summed E-state index contributed by atoms with van der Waals surface area (Å²) in [6.45, 7) is 0. The minimum Gasteiger partial charge on any atom is -0.364 e. The standard InChI is InChI=1S/C14H20N4O2/c15-14(20)12-6-11(7-16-12)18-13(19)5-8-3-9-1-2-10(4-8)17-9/h6-10,16-17H,1-5H2,(H2,15,20)(H,18,19). The minimum absolute atomic E-state index is 0.00585. The molecule has 2 unspecified atom stereocenters. The summed E-state index contributed by atoms with van der Waals surface area (Å²) in [5.74, 6) is -0.0601. The third kappa shape index (κ3) is 2.85. The van der Waals surface area contributed by atoms with E-state index in [1.54, 1.807) is 12.3 Å². The third-order valence-electron chi connectivity index (χ3n) is 4.28. The van der Waals surface area contributed by atoms with E-state index in [2.05, 4.69) is 15.6 Å². The van der Waals surface area contributed by atoms with Crippen LogP contribution in [0, 0.1) is 5.92 Å². The van der Waals surface area contributed by atoms with Gasteiger partial charge in [-0.1, -0.05) is 0 Å². The number of fused-ring (bicyclic) bond motifs is 2. The molecule has 2 saturated heterocycles. The van der Waals surface area contributed by atoms with Gasteiger partial charge in [-0.15, -0.1) is 0 Å². The molecule has 2 atom stereocenters. The number of hydrogen-bond donors (Lipinski definition) is 4. The second-order valence-electron chi connectivity index (χ2n) is 5.89. The van der Waals surface area contributed by atoms with E-state index in [-0.39, 0.29) is 5.91 Å². The Kier molecular flexibility index (Phi) is 3.48. The van der Waals surface area contributed by atoms with Crippen LogP contribution in [0.2, 0.25) is 0 Å². The van der Waals surface area contributed by atoms with E-state index in [4.69, 9.17) is 5.73 Å². The number of aromatic nitrogens is 1. The molecular weight excluding hydrogens is 256 g/mol. The first-order chi connectivity index (χ1) is 9.60. The van der Waals surface area contributed by atoms with E-state index in [1.165, 1.54) is 12.8 Å². The molecule has 2 aliphatic rings. The van der Waals surface area contributed by atoms with Crippen molar-refractivity contribution in [1.82, 2.24) is 10.3 Å². The number of nitrogens with two attached hydrogens (primary N) is 1. The van der Waals surface area contributed by atoms with Crippen molar-refractivity contribution in [2.75, 3.05) is 5.32 Å². The molecule has 2 amide bonds. The highest BCUT2D eigenvalue weighted by Crippen LogP contribution is 2.32. The van der Waals surface area contributed by atoms with Crippen molar-refractivity contribution in [3.05, 3.63) is 18.0 Å². The zero-order chi connectivity index (χ0) is 14.1. The van der Waals surface area contributed by atoms with Gasteiger partial charge < -0.3 is 21.4 Å². The van der Waals surface area contributed by atoms with Gasteiger partial charge in [0.2, 0.25) is 5.91 Å². The van der Waals surface area contributed by atoms with Gasteiger partial charge in [0.15, 0.2) is 0 Å². The summed E-state index contributed by atoms with van der Waals surface area (Å²) in [6.07, 6.45) is 6.79. The lowest BCUT2D eigenvalue weighted by molar-refractivity contribution is -0.117. The monoisotopic (exact) mass is 276 g/mol. The van der Waals surface area contributed by atoms with Crippen molar-refractivity contribution in [2.24, 2.45) is 11.7 Å². The van der Waals surface area contributed by atoms with E-state index in [0.29, 0.717) is 35.8 Å². The van der Waals surface area contributed by atoms with Gasteiger partial charge in [-0.3, -0.25) is 9.59 Å². The van der Waals surface area contributed by atoms with Crippen LogP contribution in [0.3, 0.4) is 0 Å². The van der Waals surface area contributed by atoms with Crippen LogP contribution in [-0.4, -0.2) is 28.9 Å². The maximum absolute atomic E-state index is 12.0. The van der Waals surface area contributed by atoms with Gasteiger partial charge in [0.05, 0.1) is 5.69 Å². The van der Waals surface area contributed by atoms with Crippen LogP contribution in [0.15, 0.2) is 12.3 Å². The summed E-state index contributed by atoms with van der Waals surface area (Å²) in [5.41, 5.74) is 6.06. The first kappa shape index (κ1) is 13.2. The molecule has 0 saturated carbocycles. The van der Waals surface area contributed by atoms with Crippen molar-refractivity contribution in [2.45, 2.75) is 44.2 Å². The Labute approximate surface area is 117 Å². The quantitative estimate of drug-likeness (QED) is 0.659. The largest absolute Gasteiger partial charge is 0.364 e. The molecule has 0 aliphatic carbocycles. The number of piperidine rings is 1. The Hall–Kier alpha value is -1.82. The molecular formula is C14H20N4O2. The fraction of sp³-hybridized carbons (Fsp3) is 0.571. The van der Waals surface area contributed by atoms with Crippen molar-refractivity contribution in [1.29, 1.82) is 0 Å². The van der Waals surface area contributed by atoms with Crippen molar-refractivity contribution < 1.29 is 9.59 Å². The molecule has 6 nitrogen and oxygen atoms in total. The fourth-order valence-corrected chi connectivity index (χ4v) is 3.42. The van der Waals surface area contributed by atoms with Gasteiger partial charge in [-0.25, -0.2) is 0 Å². The highest BCUT2D eigenvalue weighted by Gasteiger charge is 2.34. The Bertz CT molecular complexity index is 513. The molecule has 1 aromatic heterocycles. The summed E-state index contributed by atoms with van der Waals surface area (Å²) in [5, 5.41) is 6.39. The zero-order valence-corrected chi connectivity index (χ0v) is 11.3. The van der Waals surface area contributed by atoms with Gasteiger partial charge in [-0.05, 0) is 37.7 Å². The van der Waals surface area contributed by atoms with Gasteiger partial charge in [0, 0.05) is 24.7 Å². The molecule has 2 aliphatic heterocycles. The van der Waals surface area contributed by atoms with Gasteiger partial charge in [0.1, 0.15) is 5.69 Å². The molecule has 108 valence electrons. The predicted molar refractivity (Wildman–Crippen MR) is 75.2 cm³/mol. The van der Waals surface area contributed by atoms with Crippen molar-refractivity contribution in [3.8, 4) is 0 Å². The van der Waals surface area contributed by atoms with Crippen molar-refractivity contribution in [3.63, 3.8) is 0 Å². The number of amides is 2. The van der Waals surface area contributed by atoms with E-state index < -0.39 is 5.91 Å². The fourth-order valence-electron chi connectivity index (χ4n) is 3.42. The maximum atomic E-state index is 12.0. The maximum Gasteiger partial charge on any atom is 0.265 e. The predicted octanol–water partition coefficient (Wildman–Crippen LogP) is 0.973. The Morgan fingerprint density at radius 1 is 1.30 bits per heavy atom. The summed E-state index contributed by atoms with van der Waals surface area (Å²) < 4.78 is 0. The highest BCUT2D eigenvalue weighted by atomic mass is 16.2. The molecule has 0 spiro atoms. The molecule has 5 N–H and O–H groups in total. The normalized spacial score (nSPS) is 28.3. The van der Waals surface area contributed by atoms with Crippen LogP contribution in [-0.2, 0) is 4.79 Å². The molecule has 3 heterocycles. The van der Waals surface area contributed by atoms with Crippen LogP contribution >= 0.6 is 0 Å². The second kappa shape index (κ2) is 5.28. The number of carbonyl (C=O) groups excluding carboxylic acids is 2. The summed E-state index contributed by atoms with van der Waals surface area (Å²) >= 11 is 0. The van der Waals surface area contributed by atoms with Gasteiger partial charge in [-0.2, -0.15) is 0 Å². The van der Waals surface area contributed by atoms with Crippen molar-refractivity contribution >= 4 is 17.5 Å². The van der Waals surface area contributed by atoms with Crippen LogP contribution in [0.5, 0.6) is 0 Å². The number of H-pyrrole nitrogens is 1. The summed E-state index contributed by atoms with van der Waals surface area (Å²) in [6, 6.07) is 2.76. The molecule has 1 aromatic rings. The number of hydrogen-bond acceptors (Lipinski definition) is 3. The highest BCUT2D eigenvalue weighted by molar-refractivity contribution is 5.95. The Morgan fingerprint density at radius 3 is 2.60 bits per heavy atom. The van der Waals surface area contributed by atoms with Crippen LogP contribution in [0.4, 0.5) is 5.69 Å². The smallest absolute Gasteiger partial charge is 0.265 e. The SMILES string of the molecule is NC(=O)c1cc(NC(=O)CC2CC3CCC(C2)N3)c[nH]1. The number of nitrogens with one attached hydrogen (secondary N) is 3. The number of primary amides is 1. The van der Waals surface area contributed by atoms with Gasteiger partial charge in [0.25, 0.3) is 5.91 Å². The lowest BCUT2D eigenvalue weighted by Gasteiger charge is -2.28. The van der Waals surface area contributed by atoms with E-state index in [1.807, 2.05) is 0 Å². The number of aromatic amines is 1. The molecule has 3 rings (SSSR count). The second-order valence-corrected chi connectivity index (χ2v) is 5.89. The molecule has 20 heavy (non-hydrogen) atoms. The van der Waals surface area contributed by atoms with Crippen LogP contribution in [0.25, 0.3) is 0 Å². The zero-order valence-electron chi connectivity index (χ0n) is 11.3. The van der Waals surface area contributed by atoms with Gasteiger partial charge >= 0.3 is 0 Å². The van der Waals surface area contributed by atoms with E-state index in [9.17, 15) is 9.59 Å². The number of rotatable bonds is 4. The Morgan fingerprint density at radius 2 is 2.00 bits per heavy atom. The first-order valence-corrected chi connectivity index (χ1v) is 7.14. The van der Waals surface area contributed by atoms with Crippen LogP contribution < -0.4 is 16.4 Å². The van der Waals surface area contributed by atoms with Crippen LogP contribution in [0.1, 0.15) is 42.6 Å². The molecule has 0 aromatic carbocycles. The van der Waals surface area contributed by atoms with E-state index >= 15 is 0 Å². The lowest BCUT2D eigenvalue weighted by Crippen LogP contribution is -2.39. The summed E-state index contributed by atoms with van der Waals surface area (Å²) in [7, 11) is 0. The minimum atomic E-state index is -0.527. The molecule has 2 bridgehead atoms.